The summed E-state index contributed by atoms with van der Waals surface area (Å²) in [6.07, 6.45) is 15.9. The predicted octanol–water partition coefficient (Wildman–Crippen LogP) is 10.1. The van der Waals surface area contributed by atoms with Gasteiger partial charge >= 0.3 is 0 Å². The molecule has 30 heavy (non-hydrogen) atoms. The molecule has 0 aromatic heterocycles. The standard InChI is InChI=1S/C29H43Cl/c1-8-12-15-25(18-17-22(5)11-4)23(6)24(7)28(16-13-9-2)29-21-27(30)20-19-26(29)14-10-3/h15,17-21,23H,5,8-14,16H2,1-4,6-7H3/b18-17-,25-15+,28-24+. The highest BCUT2D eigenvalue weighted by Gasteiger charge is 2.17. The number of halogens is 1. The number of unbranched alkanes of at least 4 members (excludes halogenated alkanes) is 2. The molecule has 0 nitrogen and oxygen atoms in total. The summed E-state index contributed by atoms with van der Waals surface area (Å²) < 4.78 is 0. The van der Waals surface area contributed by atoms with Gasteiger partial charge in [-0.3, -0.25) is 0 Å². The molecule has 1 aromatic carbocycles. The van der Waals surface area contributed by atoms with Gasteiger partial charge in [-0.25, -0.2) is 0 Å². The number of rotatable bonds is 13. The van der Waals surface area contributed by atoms with Crippen LogP contribution in [0.15, 0.2) is 59.7 Å². The Kier molecular flexibility index (Phi) is 12.8. The first-order chi connectivity index (χ1) is 14.4. The molecule has 0 heterocycles. The topological polar surface area (TPSA) is 0 Å². The van der Waals surface area contributed by atoms with Gasteiger partial charge in [-0.1, -0.05) is 108 Å². The Labute approximate surface area is 191 Å². The SMILES string of the molecule is C=C(/C=C\C(=C/CCC)C(C)/C(C)=C(\CCCC)c1cc(Cl)ccc1CCC)CC. The Balaban J connectivity index is 3.51. The lowest BCUT2D eigenvalue weighted by Crippen LogP contribution is -2.05. The van der Waals surface area contributed by atoms with Gasteiger partial charge in [-0.05, 0) is 73.4 Å². The Morgan fingerprint density at radius 1 is 1.07 bits per heavy atom. The van der Waals surface area contributed by atoms with Crippen LogP contribution in [-0.4, -0.2) is 0 Å². The van der Waals surface area contributed by atoms with E-state index >= 15 is 0 Å². The average Bonchev–Trinajstić information content (AvgIpc) is 2.75. The van der Waals surface area contributed by atoms with Crippen LogP contribution in [0.1, 0.15) is 97.6 Å². The summed E-state index contributed by atoms with van der Waals surface area (Å²) in [4.78, 5) is 0. The van der Waals surface area contributed by atoms with Crippen molar-refractivity contribution in [3.8, 4) is 0 Å². The molecule has 0 spiro atoms. The molecule has 1 atom stereocenters. The minimum atomic E-state index is 0.373. The third-order valence-electron chi connectivity index (χ3n) is 5.96. The molecule has 0 bridgehead atoms. The van der Waals surface area contributed by atoms with Crippen LogP contribution in [0.4, 0.5) is 0 Å². The summed E-state index contributed by atoms with van der Waals surface area (Å²) in [6.45, 7) is 17.8. The monoisotopic (exact) mass is 426 g/mol. The summed E-state index contributed by atoms with van der Waals surface area (Å²) in [6, 6.07) is 6.46. The second-order valence-corrected chi connectivity index (χ2v) is 8.81. The third-order valence-corrected chi connectivity index (χ3v) is 6.19. The fourth-order valence-corrected chi connectivity index (χ4v) is 3.93. The van der Waals surface area contributed by atoms with E-state index in [4.69, 9.17) is 11.6 Å². The minimum absolute atomic E-state index is 0.373. The minimum Gasteiger partial charge on any atom is -0.0958 e. The zero-order valence-electron chi connectivity index (χ0n) is 20.3. The quantitative estimate of drug-likeness (QED) is 0.275. The molecule has 1 unspecified atom stereocenters. The molecule has 166 valence electrons. The van der Waals surface area contributed by atoms with Gasteiger partial charge in [0.05, 0.1) is 0 Å². The van der Waals surface area contributed by atoms with Gasteiger partial charge in [-0.2, -0.15) is 0 Å². The molecule has 0 saturated heterocycles. The molecular formula is C29H43Cl. The first kappa shape index (κ1) is 26.5. The second kappa shape index (κ2) is 14.5. The summed E-state index contributed by atoms with van der Waals surface area (Å²) >= 11 is 6.46. The largest absolute Gasteiger partial charge is 0.0958 e. The third kappa shape index (κ3) is 8.31. The van der Waals surface area contributed by atoms with Crippen molar-refractivity contribution in [1.29, 1.82) is 0 Å². The lowest BCUT2D eigenvalue weighted by Gasteiger charge is -2.22. The van der Waals surface area contributed by atoms with Crippen LogP contribution in [0.5, 0.6) is 0 Å². The molecule has 0 aliphatic rings. The van der Waals surface area contributed by atoms with Crippen LogP contribution in [0, 0.1) is 5.92 Å². The Morgan fingerprint density at radius 2 is 1.80 bits per heavy atom. The number of benzene rings is 1. The molecule has 0 aliphatic heterocycles. The van der Waals surface area contributed by atoms with E-state index in [0.29, 0.717) is 5.92 Å². The maximum Gasteiger partial charge on any atom is 0.0412 e. The average molecular weight is 427 g/mol. The van der Waals surface area contributed by atoms with Crippen molar-refractivity contribution in [1.82, 2.24) is 0 Å². The number of hydrogen-bond acceptors (Lipinski definition) is 0. The predicted molar refractivity (Wildman–Crippen MR) is 138 cm³/mol. The molecule has 0 N–H and O–H groups in total. The van der Waals surface area contributed by atoms with E-state index in [2.05, 4.69) is 78.5 Å². The molecule has 1 rings (SSSR count). The van der Waals surface area contributed by atoms with Gasteiger partial charge in [0.2, 0.25) is 0 Å². The first-order valence-corrected chi connectivity index (χ1v) is 12.3. The highest BCUT2D eigenvalue weighted by atomic mass is 35.5. The van der Waals surface area contributed by atoms with Gasteiger partial charge in [0, 0.05) is 10.9 Å². The summed E-state index contributed by atoms with van der Waals surface area (Å²) in [5.74, 6) is 0.373. The Hall–Kier alpha value is -1.53. The molecule has 0 aliphatic carbocycles. The van der Waals surface area contributed by atoms with Gasteiger partial charge in [0.1, 0.15) is 0 Å². The molecular weight excluding hydrogens is 384 g/mol. The summed E-state index contributed by atoms with van der Waals surface area (Å²) in [7, 11) is 0. The number of allylic oxidation sites excluding steroid dienone is 7. The zero-order valence-corrected chi connectivity index (χ0v) is 21.0. The molecule has 0 fully saturated rings. The maximum absolute atomic E-state index is 6.46. The highest BCUT2D eigenvalue weighted by Crippen LogP contribution is 2.35. The molecule has 0 radical (unpaired) electrons. The fourth-order valence-electron chi connectivity index (χ4n) is 3.76. The lowest BCUT2D eigenvalue weighted by molar-refractivity contribution is 0.779. The van der Waals surface area contributed by atoms with Crippen molar-refractivity contribution in [3.63, 3.8) is 0 Å². The molecule has 1 aromatic rings. The summed E-state index contributed by atoms with van der Waals surface area (Å²) in [5.41, 5.74) is 8.32. The van der Waals surface area contributed by atoms with Crippen molar-refractivity contribution in [3.05, 3.63) is 75.9 Å². The first-order valence-electron chi connectivity index (χ1n) is 11.9. The van der Waals surface area contributed by atoms with Crippen LogP contribution in [-0.2, 0) is 6.42 Å². The van der Waals surface area contributed by atoms with E-state index in [0.717, 1.165) is 37.1 Å². The van der Waals surface area contributed by atoms with Crippen LogP contribution in [0.3, 0.4) is 0 Å². The second-order valence-electron chi connectivity index (χ2n) is 8.38. The van der Waals surface area contributed by atoms with E-state index in [9.17, 15) is 0 Å². The summed E-state index contributed by atoms with van der Waals surface area (Å²) in [5, 5.41) is 0.834. The van der Waals surface area contributed by atoms with E-state index in [1.165, 1.54) is 52.7 Å². The molecule has 0 amide bonds. The van der Waals surface area contributed by atoms with Crippen LogP contribution >= 0.6 is 11.6 Å². The van der Waals surface area contributed by atoms with Crippen molar-refractivity contribution < 1.29 is 0 Å². The Bertz CT molecular complexity index is 761. The van der Waals surface area contributed by atoms with Gasteiger partial charge in [-0.15, -0.1) is 0 Å². The van der Waals surface area contributed by atoms with E-state index in [1.807, 2.05) is 6.07 Å². The van der Waals surface area contributed by atoms with Crippen LogP contribution < -0.4 is 0 Å². The van der Waals surface area contributed by atoms with Gasteiger partial charge in [0.15, 0.2) is 0 Å². The smallest absolute Gasteiger partial charge is 0.0412 e. The maximum atomic E-state index is 6.46. The zero-order chi connectivity index (χ0) is 22.5. The van der Waals surface area contributed by atoms with Gasteiger partial charge in [0.25, 0.3) is 0 Å². The van der Waals surface area contributed by atoms with E-state index < -0.39 is 0 Å². The number of aryl methyl sites for hydroxylation is 1. The van der Waals surface area contributed by atoms with E-state index in [-0.39, 0.29) is 0 Å². The Morgan fingerprint density at radius 3 is 2.40 bits per heavy atom. The highest BCUT2D eigenvalue weighted by molar-refractivity contribution is 6.30. The van der Waals surface area contributed by atoms with Crippen LogP contribution in [0.2, 0.25) is 5.02 Å². The molecule has 1 heteroatoms. The van der Waals surface area contributed by atoms with Crippen molar-refractivity contribution in [2.75, 3.05) is 0 Å². The molecule has 0 saturated carbocycles. The lowest BCUT2D eigenvalue weighted by atomic mass is 9.83. The van der Waals surface area contributed by atoms with Crippen molar-refractivity contribution >= 4 is 17.2 Å². The van der Waals surface area contributed by atoms with Crippen molar-refractivity contribution in [2.24, 2.45) is 5.92 Å². The van der Waals surface area contributed by atoms with E-state index in [1.54, 1.807) is 0 Å². The fraction of sp³-hybridized carbons (Fsp3) is 0.517. The number of hydrogen-bond donors (Lipinski definition) is 0. The normalized spacial score (nSPS) is 14.2. The van der Waals surface area contributed by atoms with Crippen molar-refractivity contribution in [2.45, 2.75) is 92.9 Å². The van der Waals surface area contributed by atoms with Gasteiger partial charge < -0.3 is 0 Å². The van der Waals surface area contributed by atoms with Crippen LogP contribution in [0.25, 0.3) is 5.57 Å².